The van der Waals surface area contributed by atoms with E-state index in [0.29, 0.717) is 17.1 Å². The van der Waals surface area contributed by atoms with Gasteiger partial charge in [-0.15, -0.1) is 0 Å². The lowest BCUT2D eigenvalue weighted by atomic mass is 9.88. The molecule has 1 aliphatic heterocycles. The Balaban J connectivity index is 0.000000223. The number of hydrogen-bond acceptors (Lipinski definition) is 9. The van der Waals surface area contributed by atoms with E-state index in [-0.39, 0.29) is 24.7 Å². The smallest absolute Gasteiger partial charge is 0.416 e. The average Bonchev–Trinajstić information content (AvgIpc) is 3.23. The zero-order valence-corrected chi connectivity index (χ0v) is 35.6. The van der Waals surface area contributed by atoms with Crippen LogP contribution in [0.1, 0.15) is 56.9 Å². The van der Waals surface area contributed by atoms with Crippen molar-refractivity contribution in [1.29, 1.82) is 0 Å². The van der Waals surface area contributed by atoms with E-state index in [2.05, 4.69) is 5.32 Å². The fraction of sp³-hybridized carbons (Fsp3) is 0.312. The Morgan fingerprint density at radius 3 is 1.53 bits per heavy atom. The van der Waals surface area contributed by atoms with E-state index in [1.165, 1.54) is 24.3 Å². The molecule has 1 heterocycles. The molecule has 0 saturated carbocycles. The molecule has 64 heavy (non-hydrogen) atoms. The molecule has 0 aliphatic carbocycles. The first kappa shape index (κ1) is 47.6. The summed E-state index contributed by atoms with van der Waals surface area (Å²) in [4.78, 5) is 12.7. The summed E-state index contributed by atoms with van der Waals surface area (Å²) in [7, 11) is 0. The van der Waals surface area contributed by atoms with E-state index in [4.69, 9.17) is 29.4 Å². The van der Waals surface area contributed by atoms with Gasteiger partial charge < -0.3 is 44.9 Å². The van der Waals surface area contributed by atoms with Gasteiger partial charge in [-0.3, -0.25) is 0 Å². The quantitative estimate of drug-likeness (QED) is 0.104. The number of aliphatic hydroxyl groups excluding tert-OH is 2. The molecule has 0 aromatic heterocycles. The molecule has 1 fully saturated rings. The van der Waals surface area contributed by atoms with Gasteiger partial charge in [0.05, 0.1) is 43.1 Å². The normalized spacial score (nSPS) is 15.2. The van der Waals surface area contributed by atoms with E-state index in [1.807, 2.05) is 18.2 Å². The van der Waals surface area contributed by atoms with Crippen molar-refractivity contribution in [1.82, 2.24) is 5.32 Å². The van der Waals surface area contributed by atoms with Crippen LogP contribution < -0.4 is 20.5 Å². The summed E-state index contributed by atoms with van der Waals surface area (Å²) < 4.78 is 106. The summed E-state index contributed by atoms with van der Waals surface area (Å²) in [5.74, 6) is 0.156. The molecule has 1 amide bonds. The predicted octanol–water partition coefficient (Wildman–Crippen LogP) is 10.9. The number of halogens is 6. The third-order valence-corrected chi connectivity index (χ3v) is 10.2. The second-order valence-corrected chi connectivity index (χ2v) is 16.9. The Hall–Kier alpha value is -5.91. The Labute approximate surface area is 365 Å². The summed E-state index contributed by atoms with van der Waals surface area (Å²) in [6.45, 7) is 8.47. The lowest BCUT2D eigenvalue weighted by molar-refractivity contribution is -0.272. The van der Waals surface area contributed by atoms with Gasteiger partial charge >= 0.3 is 18.4 Å². The first-order valence-corrected chi connectivity index (χ1v) is 20.0. The number of ether oxygens (including phenoxy) is 5. The average molecular weight is 895 g/mol. The van der Waals surface area contributed by atoms with Crippen molar-refractivity contribution in [3.8, 4) is 23.0 Å². The molecule has 0 unspecified atom stereocenters. The van der Waals surface area contributed by atoms with E-state index in [1.54, 1.807) is 89.2 Å². The number of nitrogens with one attached hydrogen (secondary N) is 1. The van der Waals surface area contributed by atoms with Crippen LogP contribution in [0.3, 0.4) is 0 Å². The standard InChI is InChI=1S/C28H30F3NO5.C20H18F3NO3/c1-25(2,3)37-24(33)32-27(16-34-26(4,5)35-17-27)20-11-9-19-14-23(12-10-18(19)13-20)36-22-8-6-7-21(15-22)28(29,30)31;21-20(22,23)16-2-1-3-17(10-16)27-18-7-5-13-8-15(6-4-14(13)9-18)19(24,11-25)12-26/h6-15H,16-17H2,1-5H3,(H,32,33);1-10,25-26H,11-12,24H2. The summed E-state index contributed by atoms with van der Waals surface area (Å²) in [5, 5.41) is 25.0. The maximum absolute atomic E-state index is 13.0. The van der Waals surface area contributed by atoms with Crippen LogP contribution >= 0.6 is 0 Å². The number of carbonyl (C=O) groups excluding carboxylic acids is 1. The van der Waals surface area contributed by atoms with Crippen LogP contribution in [0.2, 0.25) is 0 Å². The highest BCUT2D eigenvalue weighted by atomic mass is 19.4. The molecule has 6 aromatic rings. The molecule has 5 N–H and O–H groups in total. The zero-order chi connectivity index (χ0) is 46.7. The number of benzene rings is 6. The predicted molar refractivity (Wildman–Crippen MR) is 228 cm³/mol. The van der Waals surface area contributed by atoms with Gasteiger partial charge in [-0.2, -0.15) is 26.3 Å². The van der Waals surface area contributed by atoms with Crippen molar-refractivity contribution in [3.63, 3.8) is 0 Å². The number of alkyl carbamates (subject to hydrolysis) is 1. The fourth-order valence-corrected chi connectivity index (χ4v) is 6.65. The van der Waals surface area contributed by atoms with Gasteiger partial charge in [-0.25, -0.2) is 4.79 Å². The highest BCUT2D eigenvalue weighted by molar-refractivity contribution is 5.86. The highest BCUT2D eigenvalue weighted by Gasteiger charge is 2.44. The number of amides is 1. The molecule has 10 nitrogen and oxygen atoms in total. The number of hydrogen-bond donors (Lipinski definition) is 4. The van der Waals surface area contributed by atoms with Crippen molar-refractivity contribution in [3.05, 3.63) is 144 Å². The SMILES string of the molecule is CC(C)(C)OC(=O)NC1(c2ccc3cc(Oc4cccc(C(F)(F)F)c4)ccc3c2)COC(C)(C)OC1.NC(CO)(CO)c1ccc2cc(Oc3cccc(C(F)(F)F)c3)ccc2c1. The van der Waals surface area contributed by atoms with Crippen molar-refractivity contribution in [2.75, 3.05) is 26.4 Å². The number of nitrogens with two attached hydrogens (primary N) is 1. The Morgan fingerprint density at radius 1 is 0.625 bits per heavy atom. The Kier molecular flexibility index (Phi) is 13.6. The van der Waals surface area contributed by atoms with Gasteiger partial charge in [-0.05, 0) is 140 Å². The minimum atomic E-state index is -4.45. The molecule has 0 atom stereocenters. The Morgan fingerprint density at radius 2 is 1.06 bits per heavy atom. The summed E-state index contributed by atoms with van der Waals surface area (Å²) in [6.07, 6.45) is -9.48. The van der Waals surface area contributed by atoms with Crippen molar-refractivity contribution in [2.45, 2.75) is 69.4 Å². The van der Waals surface area contributed by atoms with Crippen LogP contribution in [0.25, 0.3) is 21.5 Å². The molecule has 6 aromatic carbocycles. The van der Waals surface area contributed by atoms with Gasteiger partial charge in [0.1, 0.15) is 34.1 Å². The number of rotatable bonds is 9. The second kappa shape index (κ2) is 18.3. The first-order chi connectivity index (χ1) is 29.9. The van der Waals surface area contributed by atoms with Gasteiger partial charge in [0.15, 0.2) is 5.79 Å². The van der Waals surface area contributed by atoms with Gasteiger partial charge in [-0.1, -0.05) is 48.5 Å². The molecule has 16 heteroatoms. The number of fused-ring (bicyclic) bond motifs is 2. The lowest BCUT2D eigenvalue weighted by Crippen LogP contribution is -2.59. The number of alkyl halides is 6. The van der Waals surface area contributed by atoms with Crippen LogP contribution in [0, 0.1) is 0 Å². The molecular weight excluding hydrogens is 847 g/mol. The van der Waals surface area contributed by atoms with Crippen molar-refractivity contribution < 1.29 is 65.0 Å². The largest absolute Gasteiger partial charge is 0.457 e. The molecule has 0 radical (unpaired) electrons. The third kappa shape index (κ3) is 11.8. The lowest BCUT2D eigenvalue weighted by Gasteiger charge is -2.44. The molecule has 7 rings (SSSR count). The molecule has 340 valence electrons. The minimum Gasteiger partial charge on any atom is -0.457 e. The van der Waals surface area contributed by atoms with Crippen molar-refractivity contribution >= 4 is 27.6 Å². The molecule has 0 spiro atoms. The van der Waals surface area contributed by atoms with E-state index in [0.717, 1.165) is 51.4 Å². The van der Waals surface area contributed by atoms with Crippen LogP contribution in [0.15, 0.2) is 121 Å². The maximum atomic E-state index is 13.0. The van der Waals surface area contributed by atoms with Gasteiger partial charge in [0.25, 0.3) is 0 Å². The molecule has 1 aliphatic rings. The fourth-order valence-electron chi connectivity index (χ4n) is 6.65. The van der Waals surface area contributed by atoms with Crippen molar-refractivity contribution in [2.24, 2.45) is 5.73 Å². The summed E-state index contributed by atoms with van der Waals surface area (Å²) in [6, 6.07) is 30.4. The summed E-state index contributed by atoms with van der Waals surface area (Å²) >= 11 is 0. The van der Waals surface area contributed by atoms with E-state index < -0.39 is 65.3 Å². The number of aliphatic hydroxyl groups is 2. The summed E-state index contributed by atoms with van der Waals surface area (Å²) in [5.41, 5.74) is 2.83. The topological polar surface area (TPSA) is 142 Å². The van der Waals surface area contributed by atoms with Gasteiger partial charge in [0, 0.05) is 0 Å². The number of carbonyl (C=O) groups is 1. The zero-order valence-electron chi connectivity index (χ0n) is 35.6. The highest BCUT2D eigenvalue weighted by Crippen LogP contribution is 2.37. The second-order valence-electron chi connectivity index (χ2n) is 16.9. The van der Waals surface area contributed by atoms with Crippen LogP contribution in [-0.2, 0) is 37.6 Å². The van der Waals surface area contributed by atoms with E-state index >= 15 is 0 Å². The third-order valence-electron chi connectivity index (χ3n) is 10.2. The van der Waals surface area contributed by atoms with Crippen LogP contribution in [-0.4, -0.2) is 54.1 Å². The molecule has 1 saturated heterocycles. The molecular formula is C48H48F6N2O8. The van der Waals surface area contributed by atoms with E-state index in [9.17, 15) is 41.4 Å². The van der Waals surface area contributed by atoms with Gasteiger partial charge in [0.2, 0.25) is 0 Å². The van der Waals surface area contributed by atoms with Crippen LogP contribution in [0.5, 0.6) is 23.0 Å². The first-order valence-electron chi connectivity index (χ1n) is 20.0. The Bertz CT molecular complexity index is 2590. The minimum absolute atomic E-state index is 0.0855. The maximum Gasteiger partial charge on any atom is 0.416 e. The van der Waals surface area contributed by atoms with Crippen LogP contribution in [0.4, 0.5) is 31.1 Å². The molecule has 0 bridgehead atoms. The monoisotopic (exact) mass is 894 g/mol.